The van der Waals surface area contributed by atoms with Gasteiger partial charge in [0.15, 0.2) is 5.96 Å². The quantitative estimate of drug-likeness (QED) is 0.0148. The number of aromatic nitrogens is 2. The third-order valence-electron chi connectivity index (χ3n) is 10.2. The number of aliphatic hydroxyl groups excluding tert-OH is 1. The van der Waals surface area contributed by atoms with Gasteiger partial charge in [0.05, 0.1) is 18.5 Å². The van der Waals surface area contributed by atoms with Crippen molar-refractivity contribution in [3.63, 3.8) is 0 Å². The molecule has 1 rings (SSSR count). The summed E-state index contributed by atoms with van der Waals surface area (Å²) in [7, 11) is 0. The van der Waals surface area contributed by atoms with E-state index in [1.807, 2.05) is 0 Å². The molecule has 0 aromatic carbocycles. The second kappa shape index (κ2) is 29.8. The Morgan fingerprint density at radius 2 is 1.29 bits per heavy atom. The molecule has 0 spiro atoms. The largest absolute Gasteiger partial charge is 0.480 e. The van der Waals surface area contributed by atoms with E-state index in [1.165, 1.54) is 26.4 Å². The number of imidazole rings is 1. The van der Waals surface area contributed by atoms with Crippen LogP contribution < -0.4 is 60.2 Å². The molecular weight excluding hydrogens is 869 g/mol. The fourth-order valence-electron chi connectivity index (χ4n) is 6.23. The van der Waals surface area contributed by atoms with Crippen molar-refractivity contribution in [1.82, 2.24) is 47.2 Å². The number of thiol groups is 1. The van der Waals surface area contributed by atoms with Crippen molar-refractivity contribution < 1.29 is 48.6 Å². The molecule has 18 N–H and O–H groups in total. The van der Waals surface area contributed by atoms with Gasteiger partial charge in [0, 0.05) is 30.6 Å². The standard InChI is InChI=1S/C40H72N14O10S/c1-7-21(4)30(53-32(56)22(5)48-33(57)25(42)18-65)37(61)51-28(15-20(2)3)36(60)54-31(23(6)55)38(62)52-29(16-24-17-45-19-47-24)35(59)49-26(11-8-9-13-41)34(58)50-27(39(63)64)12-10-14-46-40(43)44/h17,19-23,25-31,55,65H,7-16,18,41-42H2,1-6H3,(H,45,47)(H,48,57)(H,49,59)(H,50,58)(H,51,61)(H,52,62)(H,53,56)(H,54,60)(H,63,64)(H4,43,44,46)/t21-,22-,23+,25-,26-,27-,28-,29-,30-,31-/m0/s1. The molecule has 1 aromatic rings. The summed E-state index contributed by atoms with van der Waals surface area (Å²) in [5.74, 6) is -7.64. The lowest BCUT2D eigenvalue weighted by molar-refractivity contribution is -0.142. The minimum atomic E-state index is -1.68. The van der Waals surface area contributed by atoms with Gasteiger partial charge in [-0.25, -0.2) is 9.78 Å². The molecule has 0 saturated carbocycles. The number of aromatic amines is 1. The van der Waals surface area contributed by atoms with Gasteiger partial charge in [0.1, 0.15) is 42.3 Å². The number of aliphatic hydroxyl groups is 1. The summed E-state index contributed by atoms with van der Waals surface area (Å²) in [5.41, 5.74) is 22.4. The smallest absolute Gasteiger partial charge is 0.326 e. The summed E-state index contributed by atoms with van der Waals surface area (Å²) in [4.78, 5) is 117. The summed E-state index contributed by atoms with van der Waals surface area (Å²) in [6.07, 6.45) is 2.58. The third kappa shape index (κ3) is 21.3. The number of carbonyl (C=O) groups excluding carboxylic acids is 7. The number of hydrogen-bond acceptors (Lipinski definition) is 14. The van der Waals surface area contributed by atoms with E-state index < -0.39 is 108 Å². The van der Waals surface area contributed by atoms with Crippen molar-refractivity contribution in [3.8, 4) is 0 Å². The summed E-state index contributed by atoms with van der Waals surface area (Å²) in [6.45, 7) is 10.1. The van der Waals surface area contributed by atoms with Crippen LogP contribution in [-0.4, -0.2) is 147 Å². The number of H-pyrrole nitrogens is 1. The van der Waals surface area contributed by atoms with E-state index in [2.05, 4.69) is 64.8 Å². The van der Waals surface area contributed by atoms with Gasteiger partial charge < -0.3 is 75.3 Å². The van der Waals surface area contributed by atoms with Crippen LogP contribution in [0.3, 0.4) is 0 Å². The molecule has 0 aliphatic rings. The highest BCUT2D eigenvalue weighted by Crippen LogP contribution is 2.13. The molecule has 0 radical (unpaired) electrons. The number of nitrogens with two attached hydrogens (primary N) is 4. The average Bonchev–Trinajstić information content (AvgIpc) is 3.76. The van der Waals surface area contributed by atoms with Crippen LogP contribution in [-0.2, 0) is 44.8 Å². The number of amides is 7. The maximum Gasteiger partial charge on any atom is 0.326 e. The summed E-state index contributed by atoms with van der Waals surface area (Å²) in [5, 5.41) is 38.5. The Morgan fingerprint density at radius 3 is 1.83 bits per heavy atom. The third-order valence-corrected chi connectivity index (χ3v) is 10.6. The van der Waals surface area contributed by atoms with E-state index >= 15 is 0 Å². The number of guanidine groups is 1. The Morgan fingerprint density at radius 1 is 0.738 bits per heavy atom. The number of nitrogens with zero attached hydrogens (tertiary/aromatic N) is 2. The van der Waals surface area contributed by atoms with Crippen LogP contribution in [0.2, 0.25) is 0 Å². The lowest BCUT2D eigenvalue weighted by Crippen LogP contribution is -2.62. The number of aliphatic carboxylic acids is 1. The lowest BCUT2D eigenvalue weighted by atomic mass is 9.96. The maximum absolute atomic E-state index is 14.0. The molecule has 7 amide bonds. The van der Waals surface area contributed by atoms with Crippen LogP contribution in [0.15, 0.2) is 17.5 Å². The molecule has 24 nitrogen and oxygen atoms in total. The molecule has 0 bridgehead atoms. The average molecular weight is 941 g/mol. The molecule has 65 heavy (non-hydrogen) atoms. The SMILES string of the molecule is CC[C@H](C)[C@H](NC(=O)[C@H](C)NC(=O)[C@@H](N)CS)C(=O)N[C@@H](CC(C)C)C(=O)N[C@H](C(=O)N[C@@H](Cc1cnc[nH]1)C(=O)N[C@@H](CCCCN)C(=O)N[C@@H](CCCN=C(N)N)C(=O)O)[C@@H](C)O. The fraction of sp³-hybridized carbons (Fsp3) is 0.700. The minimum absolute atomic E-state index is 0.0314. The molecule has 1 aromatic heterocycles. The Hall–Kier alpha value is -5.53. The van der Waals surface area contributed by atoms with Crippen LogP contribution in [0.5, 0.6) is 0 Å². The first-order valence-electron chi connectivity index (χ1n) is 21.7. The Bertz CT molecular complexity index is 1730. The van der Waals surface area contributed by atoms with E-state index in [0.717, 1.165) is 0 Å². The molecule has 0 aliphatic heterocycles. The number of nitrogens with one attached hydrogen (secondary N) is 8. The van der Waals surface area contributed by atoms with Gasteiger partial charge in [-0.1, -0.05) is 34.1 Å². The molecule has 1 heterocycles. The molecule has 0 unspecified atom stereocenters. The van der Waals surface area contributed by atoms with Gasteiger partial charge in [0.25, 0.3) is 0 Å². The highest BCUT2D eigenvalue weighted by Gasteiger charge is 2.36. The Kier molecular flexibility index (Phi) is 26.4. The summed E-state index contributed by atoms with van der Waals surface area (Å²) < 4.78 is 0. The molecule has 0 fully saturated rings. The first kappa shape index (κ1) is 57.5. The number of carbonyl (C=O) groups is 8. The molecule has 10 atom stereocenters. The summed E-state index contributed by atoms with van der Waals surface area (Å²) >= 11 is 3.99. The van der Waals surface area contributed by atoms with Crippen LogP contribution >= 0.6 is 12.6 Å². The molecule has 0 aliphatic carbocycles. The van der Waals surface area contributed by atoms with Crippen LogP contribution in [0, 0.1) is 11.8 Å². The Balaban J connectivity index is 3.37. The predicted molar refractivity (Wildman–Crippen MR) is 244 cm³/mol. The molecular formula is C40H72N14O10S. The minimum Gasteiger partial charge on any atom is -0.480 e. The maximum atomic E-state index is 14.0. The van der Waals surface area contributed by atoms with Crippen molar-refractivity contribution in [2.24, 2.45) is 39.8 Å². The van der Waals surface area contributed by atoms with E-state index in [0.29, 0.717) is 25.0 Å². The first-order valence-corrected chi connectivity index (χ1v) is 22.3. The van der Waals surface area contributed by atoms with Crippen molar-refractivity contribution >= 4 is 65.9 Å². The van der Waals surface area contributed by atoms with Gasteiger partial charge in [0.2, 0.25) is 41.4 Å². The lowest BCUT2D eigenvalue weighted by Gasteiger charge is -2.30. The van der Waals surface area contributed by atoms with Crippen molar-refractivity contribution in [3.05, 3.63) is 18.2 Å². The van der Waals surface area contributed by atoms with Crippen molar-refractivity contribution in [2.45, 2.75) is 147 Å². The van der Waals surface area contributed by atoms with E-state index in [9.17, 15) is 48.6 Å². The first-order chi connectivity index (χ1) is 30.6. The van der Waals surface area contributed by atoms with Gasteiger partial charge in [-0.3, -0.25) is 38.6 Å². The highest BCUT2D eigenvalue weighted by atomic mass is 32.1. The van der Waals surface area contributed by atoms with Crippen molar-refractivity contribution in [2.75, 3.05) is 18.8 Å². The molecule has 0 saturated heterocycles. The number of rotatable bonds is 31. The number of carboxylic acid groups (broad SMARTS) is 1. The zero-order valence-electron chi connectivity index (χ0n) is 38.1. The number of aliphatic imine (C=N–C) groups is 1. The number of carboxylic acids is 1. The fourth-order valence-corrected chi connectivity index (χ4v) is 6.39. The second-order valence-electron chi connectivity index (χ2n) is 16.3. The predicted octanol–water partition coefficient (Wildman–Crippen LogP) is -3.64. The van der Waals surface area contributed by atoms with Gasteiger partial charge in [-0.2, -0.15) is 12.6 Å². The van der Waals surface area contributed by atoms with Crippen LogP contribution in [0.1, 0.15) is 92.2 Å². The Labute approximate surface area is 385 Å². The second-order valence-corrected chi connectivity index (χ2v) is 16.7. The topological polar surface area (TPSA) is 406 Å². The zero-order chi connectivity index (χ0) is 49.4. The normalized spacial score (nSPS) is 15.8. The molecule has 25 heteroatoms. The van der Waals surface area contributed by atoms with Gasteiger partial charge in [-0.15, -0.1) is 0 Å². The number of unbranched alkanes of at least 4 members (excludes halogenated alkanes) is 1. The zero-order valence-corrected chi connectivity index (χ0v) is 39.0. The van der Waals surface area contributed by atoms with E-state index in [4.69, 9.17) is 22.9 Å². The van der Waals surface area contributed by atoms with Gasteiger partial charge >= 0.3 is 5.97 Å². The van der Waals surface area contributed by atoms with E-state index in [-0.39, 0.29) is 62.8 Å². The highest BCUT2D eigenvalue weighted by molar-refractivity contribution is 7.80. The van der Waals surface area contributed by atoms with Crippen molar-refractivity contribution in [1.29, 1.82) is 0 Å². The van der Waals surface area contributed by atoms with Crippen LogP contribution in [0.25, 0.3) is 0 Å². The van der Waals surface area contributed by atoms with E-state index in [1.54, 1.807) is 27.7 Å². The number of hydrogen-bond donors (Lipinski definition) is 15. The summed E-state index contributed by atoms with van der Waals surface area (Å²) in [6, 6.07) is -10.2. The molecule has 368 valence electrons. The van der Waals surface area contributed by atoms with Gasteiger partial charge in [-0.05, 0) is 70.8 Å². The van der Waals surface area contributed by atoms with Crippen LogP contribution in [0.4, 0.5) is 0 Å². The monoisotopic (exact) mass is 941 g/mol.